The Kier molecular flexibility index (Phi) is 7.04. The molecule has 0 aromatic heterocycles. The summed E-state index contributed by atoms with van der Waals surface area (Å²) in [6.45, 7) is 0.781. The molecule has 1 unspecified atom stereocenters. The summed E-state index contributed by atoms with van der Waals surface area (Å²) in [4.78, 5) is 0. The Morgan fingerprint density at radius 1 is 1.17 bits per heavy atom. The van der Waals surface area contributed by atoms with Crippen LogP contribution in [0, 0.1) is 6.92 Å². The van der Waals surface area contributed by atoms with Gasteiger partial charge in [0.15, 0.2) is 0 Å². The lowest BCUT2D eigenvalue weighted by Crippen LogP contribution is -1.98. The number of benzene rings is 2. The van der Waals surface area contributed by atoms with Crippen LogP contribution in [0.25, 0.3) is 0 Å². The van der Waals surface area contributed by atoms with Gasteiger partial charge in [-0.05, 0) is 61.0 Å². The SMILES string of the molecule is CCOP(=O)(Oc1ccc(Cl)c(C)c1)SCCc1ccccc1. The van der Waals surface area contributed by atoms with E-state index in [0.717, 1.165) is 12.0 Å². The van der Waals surface area contributed by atoms with Crippen LogP contribution in [0.1, 0.15) is 18.1 Å². The molecule has 1 atom stereocenters. The number of halogens is 1. The fraction of sp³-hybridized carbons (Fsp3) is 0.294. The average Bonchev–Trinajstić information content (AvgIpc) is 2.52. The molecule has 0 aliphatic heterocycles. The molecule has 2 rings (SSSR count). The van der Waals surface area contributed by atoms with Gasteiger partial charge in [0.05, 0.1) is 6.61 Å². The smallest absolute Gasteiger partial charge is 0.417 e. The van der Waals surface area contributed by atoms with Gasteiger partial charge >= 0.3 is 6.80 Å². The van der Waals surface area contributed by atoms with Gasteiger partial charge in [-0.1, -0.05) is 41.9 Å². The predicted molar refractivity (Wildman–Crippen MR) is 98.7 cm³/mol. The highest BCUT2D eigenvalue weighted by atomic mass is 35.5. The van der Waals surface area contributed by atoms with Crippen LogP contribution in [0.2, 0.25) is 5.02 Å². The first-order valence-corrected chi connectivity index (χ1v) is 10.9. The molecule has 0 fully saturated rings. The predicted octanol–water partition coefficient (Wildman–Crippen LogP) is 6.15. The Labute approximate surface area is 146 Å². The summed E-state index contributed by atoms with van der Waals surface area (Å²) < 4.78 is 23.9. The molecule has 124 valence electrons. The molecule has 0 N–H and O–H groups in total. The van der Waals surface area contributed by atoms with E-state index in [4.69, 9.17) is 20.6 Å². The zero-order chi connectivity index (χ0) is 16.7. The second kappa shape index (κ2) is 8.79. The van der Waals surface area contributed by atoms with Crippen molar-refractivity contribution in [3.63, 3.8) is 0 Å². The van der Waals surface area contributed by atoms with E-state index >= 15 is 0 Å². The van der Waals surface area contributed by atoms with E-state index in [1.807, 2.05) is 25.1 Å². The molecule has 6 heteroatoms. The van der Waals surface area contributed by atoms with Crippen LogP contribution in [0.4, 0.5) is 0 Å². The summed E-state index contributed by atoms with van der Waals surface area (Å²) in [6.07, 6.45) is 0.811. The molecule has 3 nitrogen and oxygen atoms in total. The summed E-state index contributed by atoms with van der Waals surface area (Å²) in [6, 6.07) is 15.3. The minimum atomic E-state index is -3.24. The second-order valence-electron chi connectivity index (χ2n) is 4.94. The lowest BCUT2D eigenvalue weighted by atomic mass is 10.2. The molecule has 0 heterocycles. The Morgan fingerprint density at radius 3 is 2.57 bits per heavy atom. The van der Waals surface area contributed by atoms with Crippen molar-refractivity contribution in [3.05, 3.63) is 64.7 Å². The molecule has 0 aliphatic carbocycles. The third-order valence-electron chi connectivity index (χ3n) is 3.12. The highest BCUT2D eigenvalue weighted by Crippen LogP contribution is 2.60. The van der Waals surface area contributed by atoms with Gasteiger partial charge in [0.25, 0.3) is 0 Å². The van der Waals surface area contributed by atoms with Crippen LogP contribution in [-0.2, 0) is 15.5 Å². The van der Waals surface area contributed by atoms with Crippen LogP contribution >= 0.6 is 29.8 Å². The Balaban J connectivity index is 2.00. The van der Waals surface area contributed by atoms with E-state index in [-0.39, 0.29) is 0 Å². The van der Waals surface area contributed by atoms with Crippen molar-refractivity contribution in [1.29, 1.82) is 0 Å². The highest BCUT2D eigenvalue weighted by Gasteiger charge is 2.26. The lowest BCUT2D eigenvalue weighted by Gasteiger charge is -2.18. The first-order chi connectivity index (χ1) is 11.0. The molecule has 2 aromatic carbocycles. The summed E-state index contributed by atoms with van der Waals surface area (Å²) in [5.74, 6) is 1.17. The van der Waals surface area contributed by atoms with E-state index < -0.39 is 6.80 Å². The second-order valence-corrected chi connectivity index (χ2v) is 9.46. The molecule has 0 aliphatic rings. The van der Waals surface area contributed by atoms with E-state index in [0.29, 0.717) is 23.1 Å². The first kappa shape index (κ1) is 18.4. The fourth-order valence-electron chi connectivity index (χ4n) is 1.97. The molecule has 0 bridgehead atoms. The van der Waals surface area contributed by atoms with Gasteiger partial charge in [-0.15, -0.1) is 0 Å². The third-order valence-corrected chi connectivity index (χ3v) is 7.29. The van der Waals surface area contributed by atoms with Crippen molar-refractivity contribution in [2.75, 3.05) is 12.4 Å². The molecule has 23 heavy (non-hydrogen) atoms. The summed E-state index contributed by atoms with van der Waals surface area (Å²) in [5.41, 5.74) is 2.08. The standard InChI is InChI=1S/C17H20ClO3PS/c1-3-20-22(19,21-16-9-10-17(18)14(2)13-16)23-12-11-15-7-5-4-6-8-15/h4-10,13H,3,11-12H2,1-2H3. The van der Waals surface area contributed by atoms with Crippen LogP contribution in [0.3, 0.4) is 0 Å². The van der Waals surface area contributed by atoms with Crippen molar-refractivity contribution < 1.29 is 13.6 Å². The Hall–Kier alpha value is -0.930. The third kappa shape index (κ3) is 5.89. The van der Waals surface area contributed by atoms with Gasteiger partial charge in [-0.2, -0.15) is 0 Å². The van der Waals surface area contributed by atoms with Crippen molar-refractivity contribution in [3.8, 4) is 5.75 Å². The van der Waals surface area contributed by atoms with Gasteiger partial charge in [-0.3, -0.25) is 4.52 Å². The molecule has 0 amide bonds. The van der Waals surface area contributed by atoms with Crippen molar-refractivity contribution in [1.82, 2.24) is 0 Å². The van der Waals surface area contributed by atoms with Crippen LogP contribution in [-0.4, -0.2) is 12.4 Å². The number of aryl methyl sites for hydroxylation is 2. The lowest BCUT2D eigenvalue weighted by molar-refractivity contribution is 0.296. The Morgan fingerprint density at radius 2 is 1.91 bits per heavy atom. The maximum absolute atomic E-state index is 12.9. The number of hydrogen-bond acceptors (Lipinski definition) is 4. The normalized spacial score (nSPS) is 13.5. The van der Waals surface area contributed by atoms with E-state index in [1.54, 1.807) is 25.1 Å². The van der Waals surface area contributed by atoms with Gasteiger partial charge in [0.1, 0.15) is 5.75 Å². The topological polar surface area (TPSA) is 35.5 Å². The summed E-state index contributed by atoms with van der Waals surface area (Å²) in [7, 11) is 0. The van der Waals surface area contributed by atoms with Crippen LogP contribution in [0.15, 0.2) is 48.5 Å². The maximum atomic E-state index is 12.9. The van der Waals surface area contributed by atoms with Gasteiger partial charge < -0.3 is 4.52 Å². The molecular formula is C17H20ClO3PS. The van der Waals surface area contributed by atoms with Crippen molar-refractivity contribution in [2.24, 2.45) is 0 Å². The average molecular weight is 371 g/mol. The van der Waals surface area contributed by atoms with E-state index in [1.165, 1.54) is 16.9 Å². The van der Waals surface area contributed by atoms with Crippen LogP contribution < -0.4 is 4.52 Å². The molecular weight excluding hydrogens is 351 g/mol. The zero-order valence-electron chi connectivity index (χ0n) is 13.2. The molecule has 0 spiro atoms. The molecule has 2 aromatic rings. The van der Waals surface area contributed by atoms with Gasteiger partial charge in [-0.25, -0.2) is 4.57 Å². The largest absolute Gasteiger partial charge is 0.440 e. The van der Waals surface area contributed by atoms with Crippen LogP contribution in [0.5, 0.6) is 5.75 Å². The van der Waals surface area contributed by atoms with Crippen molar-refractivity contribution in [2.45, 2.75) is 20.3 Å². The highest BCUT2D eigenvalue weighted by molar-refractivity contribution is 8.55. The molecule has 0 saturated heterocycles. The number of rotatable bonds is 8. The van der Waals surface area contributed by atoms with Crippen molar-refractivity contribution >= 4 is 29.8 Å². The quantitative estimate of drug-likeness (QED) is 0.522. The minimum absolute atomic E-state index is 0.336. The van der Waals surface area contributed by atoms with E-state index in [2.05, 4.69) is 12.1 Å². The zero-order valence-corrected chi connectivity index (χ0v) is 15.7. The fourth-order valence-corrected chi connectivity index (χ4v) is 5.41. The van der Waals surface area contributed by atoms with E-state index in [9.17, 15) is 4.57 Å². The molecule has 0 radical (unpaired) electrons. The first-order valence-electron chi connectivity index (χ1n) is 7.41. The maximum Gasteiger partial charge on any atom is 0.440 e. The Bertz CT molecular complexity index is 679. The molecule has 0 saturated carbocycles. The minimum Gasteiger partial charge on any atom is -0.417 e. The number of hydrogen-bond donors (Lipinski definition) is 0. The van der Waals surface area contributed by atoms with Gasteiger partial charge in [0, 0.05) is 10.8 Å². The summed E-state index contributed by atoms with van der Waals surface area (Å²) >= 11 is 7.23. The monoisotopic (exact) mass is 370 g/mol. The summed E-state index contributed by atoms with van der Waals surface area (Å²) in [5, 5.41) is 0.653. The van der Waals surface area contributed by atoms with Gasteiger partial charge in [0.2, 0.25) is 0 Å².